The Morgan fingerprint density at radius 2 is 1.57 bits per heavy atom. The van der Waals surface area contributed by atoms with Crippen LogP contribution in [0.1, 0.15) is 118 Å². The van der Waals surface area contributed by atoms with Gasteiger partial charge in [-0.05, 0) is 87.9 Å². The second-order valence-electron chi connectivity index (χ2n) is 20.6. The van der Waals surface area contributed by atoms with Gasteiger partial charge in [0, 0.05) is 63.8 Å². The standard InChI is InChI=1S/C52H84N8O10/c1-12-32(6)46(59(9)51(66)44(30(2)3)57-50(65)45(31(4)5)58(8)25-16-20-42(61)55-36-23-21-34(22-24-36)52(67)68)41(69-10)28-43(62)60-26-15-19-40(60)47(70-11)33(7)49(64)56-39(48(53)63)27-35-29-54-38-18-14-13-17-37(35)38/h13-14,17-18,29-34,36,39-41,44-47,54H,12,15-16,19-28H2,1-11H3,(H2,53,63)(H,55,61)(H,56,64)(H,57,65)(H,67,68). The van der Waals surface area contributed by atoms with E-state index in [1.807, 2.05) is 84.0 Å². The monoisotopic (exact) mass is 981 g/mol. The Morgan fingerprint density at radius 1 is 0.900 bits per heavy atom. The largest absolute Gasteiger partial charge is 0.481 e. The van der Waals surface area contributed by atoms with Gasteiger partial charge in [-0.1, -0.05) is 73.1 Å². The number of carboxylic acids is 1. The lowest BCUT2D eigenvalue weighted by atomic mass is 9.86. The van der Waals surface area contributed by atoms with Gasteiger partial charge in [-0.25, -0.2) is 0 Å². The van der Waals surface area contributed by atoms with Crippen LogP contribution in [0.5, 0.6) is 0 Å². The summed E-state index contributed by atoms with van der Waals surface area (Å²) in [5.74, 6) is -4.39. The lowest BCUT2D eigenvalue weighted by Crippen LogP contribution is -2.60. The Morgan fingerprint density at radius 3 is 2.16 bits per heavy atom. The number of carbonyl (C=O) groups excluding carboxylic acids is 6. The van der Waals surface area contributed by atoms with E-state index in [4.69, 9.17) is 15.2 Å². The molecule has 9 unspecified atom stereocenters. The number of ether oxygens (including phenoxy) is 2. The minimum Gasteiger partial charge on any atom is -0.481 e. The van der Waals surface area contributed by atoms with Gasteiger partial charge in [0.15, 0.2) is 0 Å². The second kappa shape index (κ2) is 26.9. The molecule has 6 amide bonds. The summed E-state index contributed by atoms with van der Waals surface area (Å²) in [6, 6.07) is 4.21. The van der Waals surface area contributed by atoms with Crippen LogP contribution in [0.2, 0.25) is 0 Å². The number of benzene rings is 1. The number of likely N-dealkylation sites (N-methyl/N-ethyl adjacent to an activating group) is 2. The zero-order valence-electron chi connectivity index (χ0n) is 43.6. The first-order chi connectivity index (χ1) is 33.1. The number of methoxy groups -OCH3 is 2. The molecule has 1 aromatic carbocycles. The van der Waals surface area contributed by atoms with Gasteiger partial charge in [0.2, 0.25) is 35.4 Å². The van der Waals surface area contributed by atoms with Crippen LogP contribution in [-0.2, 0) is 49.5 Å². The molecule has 1 aromatic heterocycles. The normalized spacial score (nSPS) is 20.8. The number of hydrogen-bond acceptors (Lipinski definition) is 10. The van der Waals surface area contributed by atoms with Gasteiger partial charge < -0.3 is 51.0 Å². The quantitative estimate of drug-likeness (QED) is 0.0740. The maximum atomic E-state index is 14.6. The molecule has 18 nitrogen and oxygen atoms in total. The van der Waals surface area contributed by atoms with E-state index in [1.165, 1.54) is 14.2 Å². The van der Waals surface area contributed by atoms with E-state index < -0.39 is 66.1 Å². The fraction of sp³-hybridized carbons (Fsp3) is 0.712. The van der Waals surface area contributed by atoms with Crippen molar-refractivity contribution in [3.8, 4) is 0 Å². The summed E-state index contributed by atoms with van der Waals surface area (Å²) in [6.45, 7) is 14.3. The number of amides is 6. The van der Waals surface area contributed by atoms with Gasteiger partial charge in [0.05, 0.1) is 48.6 Å². The molecule has 1 aliphatic heterocycles. The Balaban J connectivity index is 1.40. The summed E-state index contributed by atoms with van der Waals surface area (Å²) in [4.78, 5) is 102. The molecule has 392 valence electrons. The van der Waals surface area contributed by atoms with Crippen molar-refractivity contribution in [2.75, 3.05) is 41.4 Å². The number of likely N-dealkylation sites (tertiary alicyclic amines) is 1. The van der Waals surface area contributed by atoms with Crippen molar-refractivity contribution in [2.24, 2.45) is 35.3 Å². The van der Waals surface area contributed by atoms with Gasteiger partial charge in [-0.2, -0.15) is 0 Å². The molecule has 4 rings (SSSR count). The highest BCUT2D eigenvalue weighted by Gasteiger charge is 2.44. The number of carboxylic acid groups (broad SMARTS) is 1. The SMILES string of the molecule is CCC(C)C(C(CC(=O)N1CCCC1C(OC)C(C)C(=O)NC(Cc1c[nH]c2ccccc12)C(N)=O)OC)N(C)C(=O)C(NC(=O)C(C(C)C)N(C)CCCC(=O)NC1CCC(C(=O)O)CC1)C(C)C. The summed E-state index contributed by atoms with van der Waals surface area (Å²) in [7, 11) is 6.58. The Kier molecular flexibility index (Phi) is 22.1. The number of aliphatic carboxylic acids is 1. The average molecular weight is 981 g/mol. The molecular formula is C52H84N8O10. The zero-order valence-corrected chi connectivity index (χ0v) is 43.6. The third-order valence-corrected chi connectivity index (χ3v) is 15.0. The van der Waals surface area contributed by atoms with Crippen LogP contribution in [0.3, 0.4) is 0 Å². The number of primary amides is 1. The van der Waals surface area contributed by atoms with E-state index in [0.717, 1.165) is 16.5 Å². The number of fused-ring (bicyclic) bond motifs is 1. The van der Waals surface area contributed by atoms with Gasteiger partial charge in [0.1, 0.15) is 12.1 Å². The predicted molar refractivity (Wildman–Crippen MR) is 268 cm³/mol. The molecule has 2 heterocycles. The molecule has 2 aliphatic rings. The minimum atomic E-state index is -0.975. The van der Waals surface area contributed by atoms with E-state index in [-0.39, 0.29) is 72.6 Å². The van der Waals surface area contributed by atoms with E-state index >= 15 is 0 Å². The van der Waals surface area contributed by atoms with Crippen LogP contribution in [0.4, 0.5) is 0 Å². The first-order valence-electron chi connectivity index (χ1n) is 25.4. The van der Waals surface area contributed by atoms with Crippen LogP contribution in [0.25, 0.3) is 10.9 Å². The minimum absolute atomic E-state index is 0.0332. The fourth-order valence-electron chi connectivity index (χ4n) is 10.7. The third kappa shape index (κ3) is 15.0. The van der Waals surface area contributed by atoms with Gasteiger partial charge >= 0.3 is 5.97 Å². The molecule has 18 heteroatoms. The first kappa shape index (κ1) is 57.5. The van der Waals surface area contributed by atoms with Gasteiger partial charge in [-0.15, -0.1) is 0 Å². The van der Waals surface area contributed by atoms with Crippen molar-refractivity contribution in [3.05, 3.63) is 36.0 Å². The van der Waals surface area contributed by atoms with Crippen molar-refractivity contribution in [1.82, 2.24) is 35.6 Å². The molecule has 2 fully saturated rings. The molecule has 9 atom stereocenters. The highest BCUT2D eigenvalue weighted by Crippen LogP contribution is 2.30. The highest BCUT2D eigenvalue weighted by molar-refractivity contribution is 5.91. The summed E-state index contributed by atoms with van der Waals surface area (Å²) in [6.07, 6.45) is 5.65. The number of nitrogens with one attached hydrogen (secondary N) is 4. The maximum Gasteiger partial charge on any atom is 0.306 e. The van der Waals surface area contributed by atoms with Crippen molar-refractivity contribution in [2.45, 2.75) is 168 Å². The Hall–Kier alpha value is -5.07. The van der Waals surface area contributed by atoms with Crippen molar-refractivity contribution in [1.29, 1.82) is 0 Å². The number of rotatable bonds is 27. The van der Waals surface area contributed by atoms with Crippen molar-refractivity contribution < 1.29 is 48.1 Å². The number of nitrogens with zero attached hydrogens (tertiary/aromatic N) is 3. The van der Waals surface area contributed by atoms with Crippen LogP contribution < -0.4 is 21.7 Å². The van der Waals surface area contributed by atoms with E-state index in [1.54, 1.807) is 23.8 Å². The number of nitrogens with two attached hydrogens (primary N) is 1. The summed E-state index contributed by atoms with van der Waals surface area (Å²) >= 11 is 0. The molecule has 0 spiro atoms. The molecule has 1 saturated heterocycles. The van der Waals surface area contributed by atoms with E-state index in [0.29, 0.717) is 64.5 Å². The molecule has 1 saturated carbocycles. The lowest BCUT2D eigenvalue weighted by molar-refractivity contribution is -0.148. The van der Waals surface area contributed by atoms with Crippen molar-refractivity contribution >= 4 is 52.3 Å². The average Bonchev–Trinajstić information content (AvgIpc) is 3.97. The predicted octanol–water partition coefficient (Wildman–Crippen LogP) is 4.24. The number of aromatic amines is 1. The van der Waals surface area contributed by atoms with Crippen molar-refractivity contribution in [3.63, 3.8) is 0 Å². The van der Waals surface area contributed by atoms with Crippen LogP contribution >= 0.6 is 0 Å². The molecule has 70 heavy (non-hydrogen) atoms. The van der Waals surface area contributed by atoms with E-state index in [9.17, 15) is 38.7 Å². The molecule has 0 radical (unpaired) electrons. The third-order valence-electron chi connectivity index (χ3n) is 15.0. The van der Waals surface area contributed by atoms with Gasteiger partial charge in [0.25, 0.3) is 0 Å². The molecule has 0 bridgehead atoms. The second-order valence-corrected chi connectivity index (χ2v) is 20.6. The zero-order chi connectivity index (χ0) is 52.0. The fourth-order valence-corrected chi connectivity index (χ4v) is 10.7. The van der Waals surface area contributed by atoms with Crippen LogP contribution in [0.15, 0.2) is 30.5 Å². The van der Waals surface area contributed by atoms with Crippen LogP contribution in [0, 0.1) is 29.6 Å². The topological polar surface area (TPSA) is 246 Å². The molecule has 1 aliphatic carbocycles. The van der Waals surface area contributed by atoms with Gasteiger partial charge in [-0.3, -0.25) is 38.5 Å². The maximum absolute atomic E-state index is 14.6. The number of aromatic nitrogens is 1. The number of hydrogen-bond donors (Lipinski definition) is 6. The summed E-state index contributed by atoms with van der Waals surface area (Å²) in [5.41, 5.74) is 7.55. The summed E-state index contributed by atoms with van der Waals surface area (Å²) < 4.78 is 12.1. The smallest absolute Gasteiger partial charge is 0.306 e. The Labute approximate surface area is 415 Å². The number of carbonyl (C=O) groups is 7. The van der Waals surface area contributed by atoms with E-state index in [2.05, 4.69) is 20.9 Å². The summed E-state index contributed by atoms with van der Waals surface area (Å²) in [5, 5.41) is 19.2. The number of para-hydroxylation sites is 1. The molecular weight excluding hydrogens is 897 g/mol. The Bertz CT molecular complexity index is 2070. The number of H-pyrrole nitrogens is 1. The first-order valence-corrected chi connectivity index (χ1v) is 25.4. The van der Waals surface area contributed by atoms with Crippen LogP contribution in [-0.4, -0.2) is 156 Å². The highest BCUT2D eigenvalue weighted by atomic mass is 16.5. The molecule has 7 N–H and O–H groups in total. The molecule has 2 aromatic rings. The lowest BCUT2D eigenvalue weighted by Gasteiger charge is -2.41.